The molecule has 4 rings (SSSR count). The predicted molar refractivity (Wildman–Crippen MR) is 194 cm³/mol. The molecular weight excluding hydrogens is 708 g/mol. The van der Waals surface area contributed by atoms with Crippen molar-refractivity contribution in [2.24, 2.45) is 0 Å². The van der Waals surface area contributed by atoms with Crippen LogP contribution < -0.4 is 30.7 Å². The molecule has 0 bridgehead atoms. The Labute approximate surface area is 309 Å². The van der Waals surface area contributed by atoms with Crippen molar-refractivity contribution in [2.45, 2.75) is 19.2 Å². The molecule has 0 saturated carbocycles. The molecule has 0 aromatic heterocycles. The maximum atomic E-state index is 12.5. The van der Waals surface area contributed by atoms with Crippen LogP contribution in [0.3, 0.4) is 0 Å². The second kappa shape index (κ2) is 24.4. The molecular formula is C37H40N4O13. The number of hydrogen-bond acceptors (Lipinski definition) is 11. The van der Waals surface area contributed by atoms with Crippen molar-refractivity contribution in [3.8, 4) is 11.5 Å². The number of aliphatic hydroxyl groups excluding tert-OH is 1. The van der Waals surface area contributed by atoms with Crippen LogP contribution in [0.2, 0.25) is 0 Å². The predicted octanol–water partition coefficient (Wildman–Crippen LogP) is 2.27. The van der Waals surface area contributed by atoms with Gasteiger partial charge in [0.2, 0.25) is 11.8 Å². The van der Waals surface area contributed by atoms with E-state index in [2.05, 4.69) is 21.3 Å². The Morgan fingerprint density at radius 2 is 0.796 bits per heavy atom. The molecule has 0 heterocycles. The zero-order valence-corrected chi connectivity index (χ0v) is 28.7. The number of nitrogens with one attached hydrogen (secondary N) is 4. The maximum Gasteiger partial charge on any atom is 0.414 e. The Kier molecular flexibility index (Phi) is 19.6. The number of rotatable bonds is 16. The Balaban J connectivity index is 0.000000726. The van der Waals surface area contributed by atoms with Gasteiger partial charge in [0, 0.05) is 13.1 Å². The van der Waals surface area contributed by atoms with E-state index in [1.54, 1.807) is 48.5 Å². The van der Waals surface area contributed by atoms with Crippen molar-refractivity contribution in [1.82, 2.24) is 10.6 Å². The van der Waals surface area contributed by atoms with E-state index >= 15 is 0 Å². The highest BCUT2D eigenvalue weighted by molar-refractivity contribution is 6.27. The van der Waals surface area contributed by atoms with E-state index < -0.39 is 30.0 Å². The number of carbonyl (C=O) groups excluding carboxylic acids is 2. The normalized spacial score (nSPS) is 9.96. The summed E-state index contributed by atoms with van der Waals surface area (Å²) in [5.74, 6) is -6.85. The van der Waals surface area contributed by atoms with Gasteiger partial charge in [-0.25, -0.2) is 19.2 Å². The van der Waals surface area contributed by atoms with E-state index in [0.29, 0.717) is 36.0 Å². The van der Waals surface area contributed by atoms with Crippen LogP contribution in [0, 0.1) is 0 Å². The minimum Gasteiger partial charge on any atom is -0.489 e. The SMILES string of the molecule is O=C(CNCc1ccccc1)Nc1ccccc1OCC(O)COc1ccccc1NC(=O)CNCc1ccccc1.O=C(O)C(=O)O.O=C(O)C(=O)O. The lowest BCUT2D eigenvalue weighted by Gasteiger charge is -2.17. The molecule has 2 amide bonds. The monoisotopic (exact) mass is 748 g/mol. The summed E-state index contributed by atoms with van der Waals surface area (Å²) in [6.07, 6.45) is -0.961. The molecule has 0 aliphatic carbocycles. The molecule has 54 heavy (non-hydrogen) atoms. The Morgan fingerprint density at radius 3 is 1.13 bits per heavy atom. The minimum absolute atomic E-state index is 0.0585. The second-order valence-corrected chi connectivity index (χ2v) is 10.8. The molecule has 17 nitrogen and oxygen atoms in total. The molecule has 9 N–H and O–H groups in total. The molecule has 0 spiro atoms. The quantitative estimate of drug-likeness (QED) is 0.0744. The summed E-state index contributed by atoms with van der Waals surface area (Å²) in [7, 11) is 0. The lowest BCUT2D eigenvalue weighted by molar-refractivity contribution is -0.159. The third-order valence-electron chi connectivity index (χ3n) is 6.47. The summed E-state index contributed by atoms with van der Waals surface area (Å²) >= 11 is 0. The van der Waals surface area contributed by atoms with E-state index in [1.807, 2.05) is 60.7 Å². The number of aliphatic hydroxyl groups is 1. The van der Waals surface area contributed by atoms with E-state index in [1.165, 1.54) is 0 Å². The topological polar surface area (TPSA) is 270 Å². The molecule has 4 aromatic carbocycles. The molecule has 286 valence electrons. The Hall–Kier alpha value is -6.82. The average molecular weight is 749 g/mol. The van der Waals surface area contributed by atoms with Crippen LogP contribution in [0.5, 0.6) is 11.5 Å². The summed E-state index contributed by atoms with van der Waals surface area (Å²) in [5.41, 5.74) is 3.19. The van der Waals surface area contributed by atoms with Gasteiger partial charge in [-0.3, -0.25) is 9.59 Å². The number of carbonyl (C=O) groups is 6. The van der Waals surface area contributed by atoms with Gasteiger partial charge in [0.15, 0.2) is 0 Å². The number of carboxylic acid groups (broad SMARTS) is 4. The first-order chi connectivity index (χ1) is 25.8. The molecule has 0 radical (unpaired) electrons. The van der Waals surface area contributed by atoms with Gasteiger partial charge in [0.1, 0.15) is 30.8 Å². The van der Waals surface area contributed by atoms with Crippen LogP contribution in [0.15, 0.2) is 109 Å². The minimum atomic E-state index is -1.82. The average Bonchev–Trinajstić information content (AvgIpc) is 3.15. The lowest BCUT2D eigenvalue weighted by atomic mass is 10.2. The van der Waals surface area contributed by atoms with Crippen molar-refractivity contribution < 1.29 is 63.8 Å². The molecule has 0 unspecified atom stereocenters. The zero-order valence-electron chi connectivity index (χ0n) is 28.7. The first-order valence-electron chi connectivity index (χ1n) is 16.0. The van der Waals surface area contributed by atoms with Gasteiger partial charge in [0.25, 0.3) is 0 Å². The van der Waals surface area contributed by atoms with Crippen LogP contribution in [-0.2, 0) is 41.9 Å². The number of hydrogen-bond donors (Lipinski definition) is 9. The fourth-order valence-corrected chi connectivity index (χ4v) is 4.03. The summed E-state index contributed by atoms with van der Waals surface area (Å²) in [6.45, 7) is 1.32. The lowest BCUT2D eigenvalue weighted by Crippen LogP contribution is -2.29. The van der Waals surface area contributed by atoms with Crippen molar-refractivity contribution >= 4 is 47.1 Å². The van der Waals surface area contributed by atoms with Crippen molar-refractivity contribution in [1.29, 1.82) is 0 Å². The Bertz CT molecular complexity index is 1650. The summed E-state index contributed by atoms with van der Waals surface area (Å²) < 4.78 is 11.6. The van der Waals surface area contributed by atoms with Gasteiger partial charge in [-0.05, 0) is 35.4 Å². The maximum absolute atomic E-state index is 12.5. The third kappa shape index (κ3) is 18.4. The van der Waals surface area contributed by atoms with Gasteiger partial charge in [0.05, 0.1) is 24.5 Å². The van der Waals surface area contributed by atoms with Crippen LogP contribution in [0.4, 0.5) is 11.4 Å². The van der Waals surface area contributed by atoms with Gasteiger partial charge < -0.3 is 56.3 Å². The van der Waals surface area contributed by atoms with Crippen molar-refractivity contribution in [2.75, 3.05) is 36.9 Å². The number of anilines is 2. The van der Waals surface area contributed by atoms with E-state index in [-0.39, 0.29) is 38.1 Å². The highest BCUT2D eigenvalue weighted by Gasteiger charge is 2.13. The smallest absolute Gasteiger partial charge is 0.414 e. The van der Waals surface area contributed by atoms with Crippen LogP contribution in [-0.4, -0.2) is 93.6 Å². The third-order valence-corrected chi connectivity index (χ3v) is 6.47. The van der Waals surface area contributed by atoms with Crippen LogP contribution >= 0.6 is 0 Å². The highest BCUT2D eigenvalue weighted by atomic mass is 16.5. The first kappa shape index (κ1) is 43.3. The zero-order chi connectivity index (χ0) is 39.7. The number of aliphatic carboxylic acids is 4. The number of carboxylic acids is 4. The van der Waals surface area contributed by atoms with Crippen molar-refractivity contribution in [3.05, 3.63) is 120 Å². The van der Waals surface area contributed by atoms with E-state index in [9.17, 15) is 14.7 Å². The second-order valence-electron chi connectivity index (χ2n) is 10.8. The standard InChI is InChI=1S/C33H36N4O5.2C2H2O4/c38-27(23-41-30-17-9-7-15-28(30)36-32(39)21-34-19-25-11-3-1-4-12-25)24-42-31-18-10-8-16-29(31)37-33(40)22-35-20-26-13-5-2-6-14-26;2*3-1(4)2(5)6/h1-18,27,34-35,38H,19-24H2,(H,36,39)(H,37,40);2*(H,3,4)(H,5,6). The molecule has 0 atom stereocenters. The van der Waals surface area contributed by atoms with Crippen LogP contribution in [0.25, 0.3) is 0 Å². The first-order valence-corrected chi connectivity index (χ1v) is 16.0. The molecule has 0 aliphatic rings. The molecule has 0 saturated heterocycles. The van der Waals surface area contributed by atoms with Gasteiger partial charge in [-0.2, -0.15) is 0 Å². The molecule has 4 aromatic rings. The van der Waals surface area contributed by atoms with E-state index in [0.717, 1.165) is 11.1 Å². The summed E-state index contributed by atoms with van der Waals surface area (Å²) in [4.78, 5) is 61.3. The number of amides is 2. The van der Waals surface area contributed by atoms with Gasteiger partial charge >= 0.3 is 23.9 Å². The van der Waals surface area contributed by atoms with Gasteiger partial charge in [-0.1, -0.05) is 84.9 Å². The highest BCUT2D eigenvalue weighted by Crippen LogP contribution is 2.25. The molecule has 0 aliphatic heterocycles. The summed E-state index contributed by atoms with van der Waals surface area (Å²) in [5, 5.41) is 52.0. The Morgan fingerprint density at radius 1 is 0.481 bits per heavy atom. The molecule has 17 heteroatoms. The number of para-hydroxylation sites is 4. The molecule has 0 fully saturated rings. The fourth-order valence-electron chi connectivity index (χ4n) is 4.03. The van der Waals surface area contributed by atoms with Crippen molar-refractivity contribution in [3.63, 3.8) is 0 Å². The summed E-state index contributed by atoms with van der Waals surface area (Å²) in [6, 6.07) is 33.7. The number of benzene rings is 4. The van der Waals surface area contributed by atoms with Gasteiger partial charge in [-0.15, -0.1) is 0 Å². The fraction of sp³-hybridized carbons (Fsp3) is 0.189. The largest absolute Gasteiger partial charge is 0.489 e. The van der Waals surface area contributed by atoms with Crippen LogP contribution in [0.1, 0.15) is 11.1 Å². The number of ether oxygens (including phenoxy) is 2. The van der Waals surface area contributed by atoms with E-state index in [4.69, 9.17) is 49.1 Å².